The van der Waals surface area contributed by atoms with E-state index < -0.39 is 16.8 Å². The molecule has 0 saturated heterocycles. The molecule has 0 radical (unpaired) electrons. The minimum absolute atomic E-state index is 0.372. The Hall–Kier alpha value is -2.18. The van der Waals surface area contributed by atoms with Crippen LogP contribution in [0.15, 0.2) is 48.5 Å². The molecular formula is C14H13NO4S. The summed E-state index contributed by atoms with van der Waals surface area (Å²) in [4.78, 5) is 11.6. The van der Waals surface area contributed by atoms with Crippen molar-refractivity contribution < 1.29 is 18.3 Å². The van der Waals surface area contributed by atoms with Crippen LogP contribution < -0.4 is 10.5 Å². The largest absolute Gasteiger partial charge is 0.457 e. The highest BCUT2D eigenvalue weighted by Crippen LogP contribution is 2.22. The van der Waals surface area contributed by atoms with Crippen LogP contribution in [0.25, 0.3) is 0 Å². The number of benzene rings is 2. The average Bonchev–Trinajstić information content (AvgIpc) is 2.41. The monoisotopic (exact) mass is 291 g/mol. The fourth-order valence-corrected chi connectivity index (χ4v) is 1.97. The van der Waals surface area contributed by atoms with E-state index in [-0.39, 0.29) is 5.78 Å². The molecule has 3 N–H and O–H groups in total. The molecule has 104 valence electrons. The van der Waals surface area contributed by atoms with Gasteiger partial charge in [0.25, 0.3) is 0 Å². The van der Waals surface area contributed by atoms with Crippen molar-refractivity contribution in [2.75, 3.05) is 11.5 Å². The normalized spacial score (nSPS) is 11.8. The highest BCUT2D eigenvalue weighted by molar-refractivity contribution is 7.80. The lowest BCUT2D eigenvalue weighted by atomic mass is 10.1. The summed E-state index contributed by atoms with van der Waals surface area (Å²) in [5, 5.41) is 0. The average molecular weight is 291 g/mol. The van der Waals surface area contributed by atoms with Crippen LogP contribution in [0.4, 0.5) is 5.69 Å². The Bertz CT molecular complexity index is 623. The number of nitrogen functional groups attached to an aromatic ring is 1. The first-order valence-corrected chi connectivity index (χ1v) is 7.06. The van der Waals surface area contributed by atoms with Gasteiger partial charge in [0.2, 0.25) is 0 Å². The van der Waals surface area contributed by atoms with Gasteiger partial charge in [-0.25, -0.2) is 4.21 Å². The van der Waals surface area contributed by atoms with E-state index >= 15 is 0 Å². The molecule has 20 heavy (non-hydrogen) atoms. The van der Waals surface area contributed by atoms with Gasteiger partial charge in [-0.05, 0) is 48.5 Å². The molecule has 0 aromatic heterocycles. The number of carbonyl (C=O) groups excluding carboxylic acids is 1. The lowest BCUT2D eigenvalue weighted by Gasteiger charge is -2.06. The second-order valence-corrected chi connectivity index (χ2v) is 5.02. The van der Waals surface area contributed by atoms with E-state index in [1.54, 1.807) is 48.5 Å². The van der Waals surface area contributed by atoms with E-state index in [0.29, 0.717) is 22.7 Å². The molecule has 0 bridgehead atoms. The van der Waals surface area contributed by atoms with E-state index in [9.17, 15) is 9.00 Å². The van der Waals surface area contributed by atoms with Crippen LogP contribution >= 0.6 is 0 Å². The van der Waals surface area contributed by atoms with E-state index in [2.05, 4.69) is 0 Å². The molecule has 6 heteroatoms. The van der Waals surface area contributed by atoms with E-state index in [4.69, 9.17) is 15.0 Å². The van der Waals surface area contributed by atoms with Gasteiger partial charge >= 0.3 is 0 Å². The third kappa shape index (κ3) is 3.91. The summed E-state index contributed by atoms with van der Waals surface area (Å²) < 4.78 is 24.8. The predicted octanol–water partition coefficient (Wildman–Crippen LogP) is 2.47. The second kappa shape index (κ2) is 6.31. The first-order chi connectivity index (χ1) is 9.54. The summed E-state index contributed by atoms with van der Waals surface area (Å²) in [7, 11) is 0. The van der Waals surface area contributed by atoms with E-state index in [1.165, 1.54) is 0 Å². The molecule has 5 nitrogen and oxygen atoms in total. The maximum absolute atomic E-state index is 11.6. The lowest BCUT2D eigenvalue weighted by molar-refractivity contribution is 0.102. The number of ether oxygens (including phenoxy) is 1. The summed E-state index contributed by atoms with van der Waals surface area (Å²) in [5.74, 6) is 0.411. The molecule has 2 aromatic carbocycles. The van der Waals surface area contributed by atoms with Crippen LogP contribution in [-0.2, 0) is 11.1 Å². The van der Waals surface area contributed by atoms with Crippen molar-refractivity contribution in [2.24, 2.45) is 0 Å². The maximum Gasteiger partial charge on any atom is 0.177 e. The standard InChI is InChI=1S/C14H13NO4S/c15-11-3-7-13(8-4-11)19-12-5-1-10(2-6-12)14(16)9-20(17)18/h1-8H,9,15H2,(H,17,18). The fourth-order valence-electron chi connectivity index (χ4n) is 1.58. The Kier molecular flexibility index (Phi) is 4.49. The Labute approximate surface area is 118 Å². The molecule has 0 amide bonds. The minimum atomic E-state index is -2.13. The van der Waals surface area contributed by atoms with Gasteiger partial charge in [-0.15, -0.1) is 0 Å². The Balaban J connectivity index is 2.06. The summed E-state index contributed by atoms with van der Waals surface area (Å²) in [5.41, 5.74) is 6.60. The van der Waals surface area contributed by atoms with Crippen molar-refractivity contribution >= 4 is 22.6 Å². The highest BCUT2D eigenvalue weighted by atomic mass is 32.2. The van der Waals surface area contributed by atoms with Gasteiger partial charge in [0, 0.05) is 11.3 Å². The molecule has 2 aromatic rings. The molecule has 2 rings (SSSR count). The molecule has 0 aliphatic carbocycles. The van der Waals surface area contributed by atoms with Gasteiger partial charge < -0.3 is 15.0 Å². The summed E-state index contributed by atoms with van der Waals surface area (Å²) in [6.45, 7) is 0. The molecule has 0 aliphatic heterocycles. The third-order valence-corrected chi connectivity index (χ3v) is 3.06. The van der Waals surface area contributed by atoms with Crippen molar-refractivity contribution in [1.82, 2.24) is 0 Å². The van der Waals surface area contributed by atoms with Crippen LogP contribution in [0.3, 0.4) is 0 Å². The van der Waals surface area contributed by atoms with Crippen LogP contribution in [0.5, 0.6) is 11.5 Å². The highest BCUT2D eigenvalue weighted by Gasteiger charge is 2.09. The third-order valence-electron chi connectivity index (χ3n) is 2.55. The van der Waals surface area contributed by atoms with Gasteiger partial charge in [-0.2, -0.15) is 0 Å². The van der Waals surface area contributed by atoms with Crippen molar-refractivity contribution in [3.63, 3.8) is 0 Å². The molecular weight excluding hydrogens is 278 g/mol. The molecule has 0 aliphatic rings. The first-order valence-electron chi connectivity index (χ1n) is 5.79. The van der Waals surface area contributed by atoms with Gasteiger partial charge in [-0.3, -0.25) is 4.79 Å². The van der Waals surface area contributed by atoms with Crippen molar-refractivity contribution in [1.29, 1.82) is 0 Å². The Morgan fingerprint density at radius 1 is 1.05 bits per heavy atom. The van der Waals surface area contributed by atoms with Crippen LogP contribution in [0.1, 0.15) is 10.4 Å². The van der Waals surface area contributed by atoms with Crippen molar-refractivity contribution in [3.8, 4) is 11.5 Å². The number of nitrogens with two attached hydrogens (primary N) is 1. The number of hydrogen-bond donors (Lipinski definition) is 2. The zero-order valence-electron chi connectivity index (χ0n) is 10.5. The summed E-state index contributed by atoms with van der Waals surface area (Å²) in [6.07, 6.45) is 0. The molecule has 1 unspecified atom stereocenters. The number of anilines is 1. The number of rotatable bonds is 5. The van der Waals surface area contributed by atoms with Crippen LogP contribution in [-0.4, -0.2) is 20.3 Å². The number of carbonyl (C=O) groups is 1. The number of Topliss-reactive ketones (excluding diaryl/α,β-unsaturated/α-hetero) is 1. The number of hydrogen-bond acceptors (Lipinski definition) is 4. The van der Waals surface area contributed by atoms with Gasteiger partial charge in [-0.1, -0.05) is 0 Å². The lowest BCUT2D eigenvalue weighted by Crippen LogP contribution is -2.09. The van der Waals surface area contributed by atoms with Gasteiger partial charge in [0.15, 0.2) is 16.9 Å². The van der Waals surface area contributed by atoms with Crippen molar-refractivity contribution in [2.45, 2.75) is 0 Å². The summed E-state index contributed by atoms with van der Waals surface area (Å²) >= 11 is -2.13. The molecule has 0 saturated carbocycles. The SMILES string of the molecule is Nc1ccc(Oc2ccc(C(=O)CS(=O)O)cc2)cc1. The second-order valence-electron chi connectivity index (χ2n) is 4.08. The van der Waals surface area contributed by atoms with Crippen LogP contribution in [0.2, 0.25) is 0 Å². The molecule has 0 heterocycles. The molecule has 1 atom stereocenters. The van der Waals surface area contributed by atoms with Gasteiger partial charge in [0.05, 0.1) is 0 Å². The fraction of sp³-hybridized carbons (Fsp3) is 0.0714. The maximum atomic E-state index is 11.6. The first kappa shape index (κ1) is 14.2. The smallest absolute Gasteiger partial charge is 0.177 e. The van der Waals surface area contributed by atoms with Crippen molar-refractivity contribution in [3.05, 3.63) is 54.1 Å². The quantitative estimate of drug-likeness (QED) is 0.502. The Morgan fingerprint density at radius 2 is 1.55 bits per heavy atom. The topological polar surface area (TPSA) is 89.6 Å². The van der Waals surface area contributed by atoms with E-state index in [0.717, 1.165) is 0 Å². The zero-order chi connectivity index (χ0) is 14.5. The van der Waals surface area contributed by atoms with Gasteiger partial charge in [0.1, 0.15) is 17.3 Å². The predicted molar refractivity (Wildman–Crippen MR) is 77.3 cm³/mol. The minimum Gasteiger partial charge on any atom is -0.457 e. The van der Waals surface area contributed by atoms with E-state index in [1.807, 2.05) is 0 Å². The number of ketones is 1. The zero-order valence-corrected chi connectivity index (χ0v) is 11.3. The van der Waals surface area contributed by atoms with Crippen LogP contribution in [0, 0.1) is 0 Å². The Morgan fingerprint density at radius 3 is 2.05 bits per heavy atom. The summed E-state index contributed by atoms with van der Waals surface area (Å²) in [6, 6.07) is 13.3. The molecule has 0 fully saturated rings. The molecule has 0 spiro atoms.